The van der Waals surface area contributed by atoms with Gasteiger partial charge >= 0.3 is 0 Å². The highest BCUT2D eigenvalue weighted by atomic mass is 32.2. The van der Waals surface area contributed by atoms with Gasteiger partial charge in [0.25, 0.3) is 0 Å². The topological polar surface area (TPSA) is 58.2 Å². The molecular formula is C14H22N2O2S. The van der Waals surface area contributed by atoms with Gasteiger partial charge in [-0.2, -0.15) is 0 Å². The van der Waals surface area contributed by atoms with Crippen LogP contribution in [0.25, 0.3) is 0 Å². The van der Waals surface area contributed by atoms with Gasteiger partial charge in [0.15, 0.2) is 0 Å². The van der Waals surface area contributed by atoms with E-state index in [9.17, 15) is 8.42 Å². The monoisotopic (exact) mass is 282 g/mol. The Hall–Kier alpha value is -1.07. The lowest BCUT2D eigenvalue weighted by atomic mass is 10.00. The molecule has 0 bridgehead atoms. The number of nitrogens with one attached hydrogen (secondary N) is 2. The van der Waals surface area contributed by atoms with Crippen LogP contribution in [-0.4, -0.2) is 20.7 Å². The van der Waals surface area contributed by atoms with Gasteiger partial charge < -0.3 is 5.32 Å². The zero-order chi connectivity index (χ0) is 13.9. The summed E-state index contributed by atoms with van der Waals surface area (Å²) in [6.07, 6.45) is 1.64. The molecule has 1 aliphatic rings. The predicted octanol–water partition coefficient (Wildman–Crippen LogP) is 2.12. The minimum Gasteiger partial charge on any atom is -0.312 e. The number of anilines is 1. The molecule has 0 aromatic heterocycles. The van der Waals surface area contributed by atoms with Crippen molar-refractivity contribution in [1.82, 2.24) is 5.32 Å². The van der Waals surface area contributed by atoms with Gasteiger partial charge in [0, 0.05) is 6.54 Å². The van der Waals surface area contributed by atoms with Crippen LogP contribution in [0.1, 0.15) is 31.4 Å². The van der Waals surface area contributed by atoms with Gasteiger partial charge in [-0.25, -0.2) is 8.42 Å². The minimum absolute atomic E-state index is 0.182. The molecule has 106 valence electrons. The normalized spacial score (nSPS) is 15.3. The standard InChI is InChI=1S/C14H22N2O2S/c1-11(2)7-9-19(17,18)16-14-5-3-4-12-6-8-15-10-13(12)14/h3-5,11,15-16H,6-10H2,1-2H3. The van der Waals surface area contributed by atoms with Crippen molar-refractivity contribution in [3.05, 3.63) is 29.3 Å². The first kappa shape index (κ1) is 14.3. The van der Waals surface area contributed by atoms with Crippen molar-refractivity contribution in [1.29, 1.82) is 0 Å². The van der Waals surface area contributed by atoms with Crippen molar-refractivity contribution in [2.45, 2.75) is 33.2 Å². The van der Waals surface area contributed by atoms with E-state index in [2.05, 4.69) is 16.1 Å². The summed E-state index contributed by atoms with van der Waals surface area (Å²) in [5.41, 5.74) is 3.05. The first-order valence-corrected chi connectivity index (χ1v) is 8.45. The largest absolute Gasteiger partial charge is 0.312 e. The van der Waals surface area contributed by atoms with Gasteiger partial charge in [-0.15, -0.1) is 0 Å². The SMILES string of the molecule is CC(C)CCS(=O)(=O)Nc1cccc2c1CNCC2. The fourth-order valence-corrected chi connectivity index (χ4v) is 3.63. The van der Waals surface area contributed by atoms with Crippen LogP contribution in [0, 0.1) is 5.92 Å². The van der Waals surface area contributed by atoms with Crippen LogP contribution < -0.4 is 10.0 Å². The van der Waals surface area contributed by atoms with E-state index in [1.54, 1.807) is 0 Å². The molecule has 5 heteroatoms. The Bertz CT molecular complexity index is 538. The van der Waals surface area contributed by atoms with E-state index in [1.165, 1.54) is 5.56 Å². The van der Waals surface area contributed by atoms with E-state index in [-0.39, 0.29) is 5.75 Å². The number of rotatable bonds is 5. The molecule has 0 aliphatic carbocycles. The highest BCUT2D eigenvalue weighted by Gasteiger charge is 2.17. The molecule has 0 radical (unpaired) electrons. The van der Waals surface area contributed by atoms with Crippen molar-refractivity contribution in [3.8, 4) is 0 Å². The molecule has 0 unspecified atom stereocenters. The lowest BCUT2D eigenvalue weighted by molar-refractivity contribution is 0.577. The number of sulfonamides is 1. The second kappa shape index (κ2) is 5.92. The second-order valence-corrected chi connectivity index (χ2v) is 7.32. The summed E-state index contributed by atoms with van der Waals surface area (Å²) >= 11 is 0. The fourth-order valence-electron chi connectivity index (χ4n) is 2.22. The van der Waals surface area contributed by atoms with Crippen LogP contribution in [0.5, 0.6) is 0 Å². The predicted molar refractivity (Wildman–Crippen MR) is 78.7 cm³/mol. The summed E-state index contributed by atoms with van der Waals surface area (Å²) in [5, 5.41) is 3.28. The number of fused-ring (bicyclic) bond motifs is 1. The van der Waals surface area contributed by atoms with E-state index in [0.29, 0.717) is 12.3 Å². The molecule has 1 aromatic rings. The molecule has 19 heavy (non-hydrogen) atoms. The van der Waals surface area contributed by atoms with Gasteiger partial charge in [0.1, 0.15) is 0 Å². The van der Waals surface area contributed by atoms with E-state index in [0.717, 1.165) is 30.8 Å². The molecule has 1 aromatic carbocycles. The first-order valence-electron chi connectivity index (χ1n) is 6.80. The summed E-state index contributed by atoms with van der Waals surface area (Å²) in [6.45, 7) is 5.75. The lowest BCUT2D eigenvalue weighted by Crippen LogP contribution is -2.26. The van der Waals surface area contributed by atoms with Gasteiger partial charge in [0.2, 0.25) is 10.0 Å². The van der Waals surface area contributed by atoms with E-state index in [1.807, 2.05) is 26.0 Å². The Morgan fingerprint density at radius 1 is 1.37 bits per heavy atom. The summed E-state index contributed by atoms with van der Waals surface area (Å²) in [5.74, 6) is 0.574. The maximum Gasteiger partial charge on any atom is 0.232 e. The third-order valence-corrected chi connectivity index (χ3v) is 4.68. The molecular weight excluding hydrogens is 260 g/mol. The number of benzene rings is 1. The highest BCUT2D eigenvalue weighted by Crippen LogP contribution is 2.24. The molecule has 4 nitrogen and oxygen atoms in total. The van der Waals surface area contributed by atoms with Gasteiger partial charge in [-0.1, -0.05) is 26.0 Å². The molecule has 0 spiro atoms. The van der Waals surface area contributed by atoms with E-state index >= 15 is 0 Å². The van der Waals surface area contributed by atoms with Crippen LogP contribution in [0.3, 0.4) is 0 Å². The molecule has 2 N–H and O–H groups in total. The Morgan fingerprint density at radius 2 is 2.16 bits per heavy atom. The average molecular weight is 282 g/mol. The average Bonchev–Trinajstić information content (AvgIpc) is 2.37. The Labute approximate surface area is 115 Å². The van der Waals surface area contributed by atoms with Crippen molar-refractivity contribution < 1.29 is 8.42 Å². The Kier molecular flexibility index (Phi) is 4.47. The molecule has 0 saturated carbocycles. The zero-order valence-electron chi connectivity index (χ0n) is 11.6. The van der Waals surface area contributed by atoms with E-state index in [4.69, 9.17) is 0 Å². The molecule has 0 saturated heterocycles. The van der Waals surface area contributed by atoms with Crippen LogP contribution in [0.2, 0.25) is 0 Å². The summed E-state index contributed by atoms with van der Waals surface area (Å²) in [6, 6.07) is 5.84. The third-order valence-electron chi connectivity index (χ3n) is 3.38. The van der Waals surface area contributed by atoms with Crippen molar-refractivity contribution >= 4 is 15.7 Å². The smallest absolute Gasteiger partial charge is 0.232 e. The Balaban J connectivity index is 2.15. The van der Waals surface area contributed by atoms with Crippen molar-refractivity contribution in [2.24, 2.45) is 5.92 Å². The van der Waals surface area contributed by atoms with Crippen LogP contribution in [0.4, 0.5) is 5.69 Å². The maximum atomic E-state index is 12.1. The Morgan fingerprint density at radius 3 is 2.89 bits per heavy atom. The fraction of sp³-hybridized carbons (Fsp3) is 0.571. The summed E-state index contributed by atoms with van der Waals surface area (Å²) in [4.78, 5) is 0. The quantitative estimate of drug-likeness (QED) is 0.869. The van der Waals surface area contributed by atoms with Crippen molar-refractivity contribution in [3.63, 3.8) is 0 Å². The molecule has 1 aliphatic heterocycles. The summed E-state index contributed by atoms with van der Waals surface area (Å²) in [7, 11) is -3.24. The van der Waals surface area contributed by atoms with Crippen LogP contribution >= 0.6 is 0 Å². The second-order valence-electron chi connectivity index (χ2n) is 5.47. The number of hydrogen-bond acceptors (Lipinski definition) is 3. The molecule has 0 amide bonds. The van der Waals surface area contributed by atoms with Crippen molar-refractivity contribution in [2.75, 3.05) is 17.0 Å². The maximum absolute atomic E-state index is 12.1. The van der Waals surface area contributed by atoms with Crippen LogP contribution in [0.15, 0.2) is 18.2 Å². The number of hydrogen-bond donors (Lipinski definition) is 2. The molecule has 0 atom stereocenters. The minimum atomic E-state index is -3.24. The highest BCUT2D eigenvalue weighted by molar-refractivity contribution is 7.92. The first-order chi connectivity index (χ1) is 8.98. The van der Waals surface area contributed by atoms with E-state index < -0.39 is 10.0 Å². The molecule has 2 rings (SSSR count). The van der Waals surface area contributed by atoms with Gasteiger partial charge in [0.05, 0.1) is 11.4 Å². The van der Waals surface area contributed by atoms with Gasteiger partial charge in [-0.05, 0) is 42.5 Å². The zero-order valence-corrected chi connectivity index (χ0v) is 12.4. The lowest BCUT2D eigenvalue weighted by Gasteiger charge is -2.21. The molecule has 1 heterocycles. The summed E-state index contributed by atoms with van der Waals surface area (Å²) < 4.78 is 26.9. The van der Waals surface area contributed by atoms with Gasteiger partial charge in [-0.3, -0.25) is 4.72 Å². The third kappa shape index (κ3) is 3.94. The molecule has 0 fully saturated rings. The van der Waals surface area contributed by atoms with Crippen LogP contribution in [-0.2, 0) is 23.0 Å².